The molecule has 1 aromatic heterocycles. The highest BCUT2D eigenvalue weighted by molar-refractivity contribution is 6.51. The summed E-state index contributed by atoms with van der Waals surface area (Å²) < 4.78 is 5.34. The van der Waals surface area contributed by atoms with Crippen molar-refractivity contribution in [3.8, 4) is 5.75 Å². The normalized spacial score (nSPS) is 17.8. The molecule has 0 bridgehead atoms. The van der Waals surface area contributed by atoms with Crippen LogP contribution in [0, 0.1) is 6.92 Å². The molecule has 0 saturated carbocycles. The zero-order valence-electron chi connectivity index (χ0n) is 16.9. The Morgan fingerprint density at radius 3 is 2.48 bits per heavy atom. The Morgan fingerprint density at radius 1 is 1.10 bits per heavy atom. The molecule has 3 aromatic rings. The van der Waals surface area contributed by atoms with Crippen LogP contribution < -0.4 is 9.64 Å². The number of aryl methyl sites for hydroxylation is 1. The number of aromatic nitrogens is 1. The van der Waals surface area contributed by atoms with Gasteiger partial charge in [0.15, 0.2) is 0 Å². The predicted molar refractivity (Wildman–Crippen MR) is 118 cm³/mol. The summed E-state index contributed by atoms with van der Waals surface area (Å²) in [5.41, 5.74) is 2.24. The molecular formula is C24H19ClN2O4. The van der Waals surface area contributed by atoms with Gasteiger partial charge in [0.25, 0.3) is 11.7 Å². The summed E-state index contributed by atoms with van der Waals surface area (Å²) in [4.78, 5) is 31.8. The van der Waals surface area contributed by atoms with Crippen molar-refractivity contribution in [2.45, 2.75) is 13.0 Å². The van der Waals surface area contributed by atoms with Crippen molar-refractivity contribution in [3.05, 3.63) is 94.3 Å². The topological polar surface area (TPSA) is 79.7 Å². The molecule has 4 rings (SSSR count). The molecule has 0 radical (unpaired) electrons. The maximum Gasteiger partial charge on any atom is 0.300 e. The summed E-state index contributed by atoms with van der Waals surface area (Å²) in [6, 6.07) is 14.6. The lowest BCUT2D eigenvalue weighted by atomic mass is 9.95. The predicted octanol–water partition coefficient (Wildman–Crippen LogP) is 4.68. The monoisotopic (exact) mass is 434 g/mol. The zero-order chi connectivity index (χ0) is 22.1. The number of benzene rings is 2. The van der Waals surface area contributed by atoms with Crippen molar-refractivity contribution in [2.24, 2.45) is 0 Å². The van der Waals surface area contributed by atoms with Crippen LogP contribution in [-0.2, 0) is 9.59 Å². The molecule has 1 fully saturated rings. The number of carbonyl (C=O) groups is 2. The van der Waals surface area contributed by atoms with E-state index in [9.17, 15) is 14.7 Å². The number of rotatable bonds is 4. The third-order valence-electron chi connectivity index (χ3n) is 5.26. The summed E-state index contributed by atoms with van der Waals surface area (Å²) in [6.45, 7) is 1.86. The molecule has 2 aromatic carbocycles. The number of amides is 1. The van der Waals surface area contributed by atoms with Crippen LogP contribution in [0.3, 0.4) is 0 Å². The Labute approximate surface area is 184 Å². The number of hydrogen-bond donors (Lipinski definition) is 1. The van der Waals surface area contributed by atoms with E-state index in [0.29, 0.717) is 22.0 Å². The number of pyridine rings is 1. The molecule has 1 N–H and O–H groups in total. The van der Waals surface area contributed by atoms with Gasteiger partial charge in [0.1, 0.15) is 11.5 Å². The Bertz CT molecular complexity index is 1210. The number of nitrogens with zero attached hydrogens (tertiary/aromatic N) is 2. The van der Waals surface area contributed by atoms with Crippen molar-refractivity contribution >= 4 is 34.7 Å². The van der Waals surface area contributed by atoms with Crippen molar-refractivity contribution in [1.29, 1.82) is 0 Å². The highest BCUT2D eigenvalue weighted by atomic mass is 35.5. The number of ketones is 1. The molecule has 0 aliphatic carbocycles. The highest BCUT2D eigenvalue weighted by Gasteiger charge is 2.47. The lowest BCUT2D eigenvalue weighted by Crippen LogP contribution is -2.30. The van der Waals surface area contributed by atoms with E-state index in [-0.39, 0.29) is 16.9 Å². The average molecular weight is 435 g/mol. The van der Waals surface area contributed by atoms with Crippen molar-refractivity contribution < 1.29 is 19.4 Å². The van der Waals surface area contributed by atoms with Gasteiger partial charge in [-0.1, -0.05) is 29.8 Å². The summed E-state index contributed by atoms with van der Waals surface area (Å²) in [6.07, 6.45) is 3.15. The second kappa shape index (κ2) is 8.24. The van der Waals surface area contributed by atoms with Gasteiger partial charge in [0.2, 0.25) is 0 Å². The Balaban J connectivity index is 2.00. The smallest absolute Gasteiger partial charge is 0.300 e. The number of ether oxygens (including phenoxy) is 1. The van der Waals surface area contributed by atoms with Gasteiger partial charge in [-0.3, -0.25) is 19.5 Å². The minimum atomic E-state index is -0.840. The second-order valence-corrected chi connectivity index (χ2v) is 7.52. The van der Waals surface area contributed by atoms with E-state index in [1.54, 1.807) is 48.8 Å². The molecular weight excluding hydrogens is 416 g/mol. The number of aliphatic hydroxyl groups excluding tert-OH is 1. The number of anilines is 1. The van der Waals surface area contributed by atoms with Gasteiger partial charge in [-0.2, -0.15) is 0 Å². The van der Waals surface area contributed by atoms with Gasteiger partial charge >= 0.3 is 0 Å². The van der Waals surface area contributed by atoms with Crippen molar-refractivity contribution in [2.75, 3.05) is 12.0 Å². The van der Waals surface area contributed by atoms with Crippen molar-refractivity contribution in [3.63, 3.8) is 0 Å². The SMILES string of the molecule is COc1ccc(Cl)cc1/C(O)=C1\C(=O)C(=O)N(c2ccccc2C)C1c1ccncc1. The Kier molecular flexibility index (Phi) is 5.48. The van der Waals surface area contributed by atoms with E-state index in [1.165, 1.54) is 18.1 Å². The molecule has 156 valence electrons. The first-order valence-electron chi connectivity index (χ1n) is 9.54. The van der Waals surface area contributed by atoms with Crippen LogP contribution in [0.4, 0.5) is 5.69 Å². The van der Waals surface area contributed by atoms with Crippen molar-refractivity contribution in [1.82, 2.24) is 4.98 Å². The molecule has 1 unspecified atom stereocenters. The molecule has 7 heteroatoms. The average Bonchev–Trinajstić information content (AvgIpc) is 3.05. The molecule has 0 spiro atoms. The number of carbonyl (C=O) groups excluding carboxylic acids is 2. The molecule has 2 heterocycles. The quantitative estimate of drug-likeness (QED) is 0.366. The summed E-state index contributed by atoms with van der Waals surface area (Å²) in [7, 11) is 1.45. The number of methoxy groups -OCH3 is 1. The van der Waals surface area contributed by atoms with E-state index in [0.717, 1.165) is 5.56 Å². The number of halogens is 1. The highest BCUT2D eigenvalue weighted by Crippen LogP contribution is 2.44. The first-order chi connectivity index (χ1) is 14.9. The molecule has 1 amide bonds. The minimum absolute atomic E-state index is 0.0416. The Hall–Kier alpha value is -3.64. The van der Waals surface area contributed by atoms with Gasteiger partial charge in [-0.05, 0) is 54.4 Å². The third-order valence-corrected chi connectivity index (χ3v) is 5.49. The van der Waals surface area contributed by atoms with Crippen LogP contribution in [0.5, 0.6) is 5.75 Å². The van der Waals surface area contributed by atoms with Crippen LogP contribution in [-0.4, -0.2) is 28.9 Å². The van der Waals surface area contributed by atoms with Gasteiger partial charge in [-0.25, -0.2) is 0 Å². The fourth-order valence-electron chi connectivity index (χ4n) is 3.79. The molecule has 1 atom stereocenters. The number of para-hydroxylation sites is 1. The lowest BCUT2D eigenvalue weighted by Gasteiger charge is -2.26. The number of aliphatic hydroxyl groups is 1. The maximum absolute atomic E-state index is 13.2. The first kappa shape index (κ1) is 20.6. The molecule has 31 heavy (non-hydrogen) atoms. The molecule has 1 saturated heterocycles. The number of Topliss-reactive ketones (excluding diaryl/α,β-unsaturated/α-hetero) is 1. The Morgan fingerprint density at radius 2 is 1.81 bits per heavy atom. The van der Waals surface area contributed by atoms with E-state index in [2.05, 4.69) is 4.98 Å². The maximum atomic E-state index is 13.2. The van der Waals surface area contributed by atoms with Gasteiger partial charge in [0.05, 0.1) is 24.3 Å². The summed E-state index contributed by atoms with van der Waals surface area (Å²) >= 11 is 6.13. The molecule has 1 aliphatic rings. The van der Waals surface area contributed by atoms with E-state index in [4.69, 9.17) is 16.3 Å². The largest absolute Gasteiger partial charge is 0.507 e. The van der Waals surface area contributed by atoms with E-state index in [1.807, 2.05) is 19.1 Å². The van der Waals surface area contributed by atoms with E-state index < -0.39 is 17.7 Å². The summed E-state index contributed by atoms with van der Waals surface area (Å²) in [5, 5.41) is 11.6. The van der Waals surface area contributed by atoms with Crippen LogP contribution in [0.15, 0.2) is 72.6 Å². The molecule has 1 aliphatic heterocycles. The van der Waals surface area contributed by atoms with Gasteiger partial charge in [0, 0.05) is 23.1 Å². The fourth-order valence-corrected chi connectivity index (χ4v) is 3.96. The van der Waals surface area contributed by atoms with Crippen LogP contribution in [0.2, 0.25) is 5.02 Å². The van der Waals surface area contributed by atoms with Crippen LogP contribution in [0.1, 0.15) is 22.7 Å². The zero-order valence-corrected chi connectivity index (χ0v) is 17.6. The summed E-state index contributed by atoms with van der Waals surface area (Å²) in [5.74, 6) is -1.53. The van der Waals surface area contributed by atoms with Crippen LogP contribution in [0.25, 0.3) is 5.76 Å². The molecule has 6 nitrogen and oxygen atoms in total. The third kappa shape index (κ3) is 3.55. The van der Waals surface area contributed by atoms with E-state index >= 15 is 0 Å². The van der Waals surface area contributed by atoms with Gasteiger partial charge < -0.3 is 9.84 Å². The fraction of sp³-hybridized carbons (Fsp3) is 0.125. The van der Waals surface area contributed by atoms with Crippen LogP contribution >= 0.6 is 11.6 Å². The minimum Gasteiger partial charge on any atom is -0.507 e. The first-order valence-corrected chi connectivity index (χ1v) is 9.92. The number of hydrogen-bond acceptors (Lipinski definition) is 5. The second-order valence-electron chi connectivity index (χ2n) is 7.08. The standard InChI is InChI=1S/C24H19ClN2O4/c1-14-5-3-4-6-18(14)27-21(15-9-11-26-12-10-15)20(23(29)24(27)30)22(28)17-13-16(25)7-8-19(17)31-2/h3-13,21,28H,1-2H3/b22-20+. The van der Waals surface area contributed by atoms with Gasteiger partial charge in [-0.15, -0.1) is 0 Å². The lowest BCUT2D eigenvalue weighted by molar-refractivity contribution is -0.132.